The van der Waals surface area contributed by atoms with E-state index in [4.69, 9.17) is 17.3 Å². The maximum atomic E-state index is 12.6. The second-order valence-corrected chi connectivity index (χ2v) is 6.96. The number of amides is 2. The Balaban J connectivity index is 2.34. The lowest BCUT2D eigenvalue weighted by atomic mass is 9.81. The van der Waals surface area contributed by atoms with Crippen molar-refractivity contribution in [1.29, 1.82) is 0 Å². The fourth-order valence-electron chi connectivity index (χ4n) is 3.36. The van der Waals surface area contributed by atoms with Crippen molar-refractivity contribution < 1.29 is 19.8 Å². The number of aliphatic hydroxyl groups excluding tert-OH is 1. The molecule has 1 unspecified atom stereocenters. The van der Waals surface area contributed by atoms with Gasteiger partial charge in [-0.3, -0.25) is 4.79 Å². The number of carbonyl (C=O) groups is 2. The number of piperidine rings is 1. The van der Waals surface area contributed by atoms with Crippen LogP contribution in [-0.2, 0) is 11.2 Å². The zero-order valence-electron chi connectivity index (χ0n) is 14.2. The minimum atomic E-state index is -1.02. The molecule has 1 aromatic carbocycles. The number of aliphatic hydroxyl groups is 1. The molecule has 2 rings (SSSR count). The molecule has 0 radical (unpaired) electrons. The Labute approximate surface area is 152 Å². The van der Waals surface area contributed by atoms with Crippen LogP contribution in [0.2, 0.25) is 5.02 Å². The summed E-state index contributed by atoms with van der Waals surface area (Å²) in [6.07, 6.45) is 0.771. The fraction of sp³-hybridized carbons (Fsp3) is 0.529. The van der Waals surface area contributed by atoms with Crippen LogP contribution < -0.4 is 5.73 Å². The lowest BCUT2D eigenvalue weighted by Gasteiger charge is -2.48. The summed E-state index contributed by atoms with van der Waals surface area (Å²) in [5, 5.41) is 19.2. The van der Waals surface area contributed by atoms with Gasteiger partial charge in [-0.15, -0.1) is 0 Å². The van der Waals surface area contributed by atoms with E-state index in [-0.39, 0.29) is 6.54 Å². The molecule has 1 heterocycles. The Morgan fingerprint density at radius 3 is 2.60 bits per heavy atom. The number of halogens is 1. The highest BCUT2D eigenvalue weighted by Crippen LogP contribution is 2.31. The van der Waals surface area contributed by atoms with Crippen molar-refractivity contribution >= 4 is 23.6 Å². The first-order valence-corrected chi connectivity index (χ1v) is 8.53. The average Bonchev–Trinajstić information content (AvgIpc) is 2.61. The van der Waals surface area contributed by atoms with Gasteiger partial charge in [0.05, 0.1) is 12.1 Å². The molecule has 0 aromatic heterocycles. The van der Waals surface area contributed by atoms with E-state index in [1.807, 2.05) is 12.1 Å². The van der Waals surface area contributed by atoms with E-state index in [9.17, 15) is 19.8 Å². The summed E-state index contributed by atoms with van der Waals surface area (Å²) in [6, 6.07) is 6.25. The van der Waals surface area contributed by atoms with Crippen molar-refractivity contribution in [3.8, 4) is 0 Å². The van der Waals surface area contributed by atoms with Crippen LogP contribution in [0.1, 0.15) is 18.4 Å². The van der Waals surface area contributed by atoms with E-state index in [1.165, 1.54) is 9.80 Å². The van der Waals surface area contributed by atoms with Gasteiger partial charge in [0.15, 0.2) is 0 Å². The zero-order chi connectivity index (χ0) is 18.6. The molecule has 0 aliphatic carbocycles. The number of rotatable bonds is 5. The third-order valence-electron chi connectivity index (χ3n) is 4.83. The molecule has 0 bridgehead atoms. The fourth-order valence-corrected chi connectivity index (χ4v) is 3.48. The quantitative estimate of drug-likeness (QED) is 0.722. The summed E-state index contributed by atoms with van der Waals surface area (Å²) in [4.78, 5) is 26.9. The van der Waals surface area contributed by atoms with Gasteiger partial charge in [0.2, 0.25) is 5.91 Å². The number of benzene rings is 1. The molecule has 1 aromatic rings. The molecule has 25 heavy (non-hydrogen) atoms. The van der Waals surface area contributed by atoms with Gasteiger partial charge in [-0.1, -0.05) is 23.7 Å². The number of hydrogen-bond acceptors (Lipinski definition) is 4. The first-order chi connectivity index (χ1) is 11.8. The molecular weight excluding hydrogens is 346 g/mol. The Hall–Kier alpha value is -1.83. The predicted octanol–water partition coefficient (Wildman–Crippen LogP) is 1.17. The zero-order valence-corrected chi connectivity index (χ0v) is 14.9. The highest BCUT2D eigenvalue weighted by atomic mass is 35.5. The van der Waals surface area contributed by atoms with Gasteiger partial charge < -0.3 is 25.7 Å². The Morgan fingerprint density at radius 2 is 2.04 bits per heavy atom. The topological polar surface area (TPSA) is 107 Å². The SMILES string of the molecule is CN(C(=O)[C@@H](N)CO)C1(Cc2ccc(Cl)cc2)CCCN(C(=O)O)C1. The van der Waals surface area contributed by atoms with Crippen LogP contribution in [0.25, 0.3) is 0 Å². The molecule has 138 valence electrons. The molecule has 1 aliphatic heterocycles. The summed E-state index contributed by atoms with van der Waals surface area (Å²) in [7, 11) is 1.62. The number of carbonyl (C=O) groups excluding carboxylic acids is 1. The normalized spacial score (nSPS) is 21.7. The lowest BCUT2D eigenvalue weighted by molar-refractivity contribution is -0.140. The van der Waals surface area contributed by atoms with Crippen LogP contribution in [0.4, 0.5) is 4.79 Å². The molecule has 7 nitrogen and oxygen atoms in total. The van der Waals surface area contributed by atoms with Crippen molar-refractivity contribution in [2.75, 3.05) is 26.7 Å². The first-order valence-electron chi connectivity index (χ1n) is 8.15. The highest BCUT2D eigenvalue weighted by molar-refractivity contribution is 6.30. The van der Waals surface area contributed by atoms with Crippen LogP contribution >= 0.6 is 11.6 Å². The van der Waals surface area contributed by atoms with Crippen LogP contribution in [0.3, 0.4) is 0 Å². The molecule has 4 N–H and O–H groups in total. The molecule has 0 saturated carbocycles. The second-order valence-electron chi connectivity index (χ2n) is 6.52. The van der Waals surface area contributed by atoms with Gasteiger partial charge in [0.1, 0.15) is 6.04 Å². The third-order valence-corrected chi connectivity index (χ3v) is 5.08. The number of carboxylic acid groups (broad SMARTS) is 1. The van der Waals surface area contributed by atoms with Gasteiger partial charge in [-0.25, -0.2) is 4.79 Å². The Morgan fingerprint density at radius 1 is 1.40 bits per heavy atom. The second kappa shape index (κ2) is 8.03. The summed E-state index contributed by atoms with van der Waals surface area (Å²) in [6.45, 7) is 0.181. The number of hydrogen-bond donors (Lipinski definition) is 3. The van der Waals surface area contributed by atoms with Gasteiger partial charge in [-0.05, 0) is 37.0 Å². The highest BCUT2D eigenvalue weighted by Gasteiger charge is 2.43. The molecule has 2 amide bonds. The summed E-state index contributed by atoms with van der Waals surface area (Å²) < 4.78 is 0. The summed E-state index contributed by atoms with van der Waals surface area (Å²) >= 11 is 5.93. The number of likely N-dealkylation sites (N-methyl/N-ethyl adjacent to an activating group) is 1. The van der Waals surface area contributed by atoms with E-state index in [2.05, 4.69) is 0 Å². The molecule has 1 fully saturated rings. The molecule has 1 aliphatic rings. The van der Waals surface area contributed by atoms with Crippen molar-refractivity contribution in [2.45, 2.75) is 30.8 Å². The van der Waals surface area contributed by atoms with E-state index >= 15 is 0 Å². The van der Waals surface area contributed by atoms with Crippen molar-refractivity contribution in [3.05, 3.63) is 34.9 Å². The maximum Gasteiger partial charge on any atom is 0.407 e. The van der Waals surface area contributed by atoms with Gasteiger partial charge in [-0.2, -0.15) is 0 Å². The minimum Gasteiger partial charge on any atom is -0.465 e. The molecule has 0 spiro atoms. The molecular formula is C17H24ClN3O4. The summed E-state index contributed by atoms with van der Waals surface area (Å²) in [5.74, 6) is -0.399. The summed E-state index contributed by atoms with van der Waals surface area (Å²) in [5.41, 5.74) is 5.94. The monoisotopic (exact) mass is 369 g/mol. The molecule has 1 saturated heterocycles. The lowest BCUT2D eigenvalue weighted by Crippen LogP contribution is -2.63. The van der Waals surface area contributed by atoms with Gasteiger partial charge in [0, 0.05) is 25.2 Å². The average molecular weight is 370 g/mol. The number of nitrogens with zero attached hydrogens (tertiary/aromatic N) is 2. The van der Waals surface area contributed by atoms with E-state index in [0.29, 0.717) is 30.8 Å². The maximum absolute atomic E-state index is 12.6. The predicted molar refractivity (Wildman–Crippen MR) is 94.6 cm³/mol. The van der Waals surface area contributed by atoms with Crippen LogP contribution in [0, 0.1) is 0 Å². The van der Waals surface area contributed by atoms with Crippen molar-refractivity contribution in [2.24, 2.45) is 5.73 Å². The Bertz CT molecular complexity index is 625. The van der Waals surface area contributed by atoms with Gasteiger partial charge >= 0.3 is 6.09 Å². The van der Waals surface area contributed by atoms with E-state index in [1.54, 1.807) is 19.2 Å². The van der Waals surface area contributed by atoms with Crippen molar-refractivity contribution in [3.63, 3.8) is 0 Å². The molecule has 2 atom stereocenters. The largest absolute Gasteiger partial charge is 0.465 e. The minimum absolute atomic E-state index is 0.200. The number of likely N-dealkylation sites (tertiary alicyclic amines) is 1. The van der Waals surface area contributed by atoms with E-state index < -0.39 is 30.2 Å². The first kappa shape index (κ1) is 19.5. The third kappa shape index (κ3) is 4.42. The standard InChI is InChI=1S/C17H24ClN3O4/c1-20(15(23)14(19)10-22)17(7-2-8-21(11-17)16(24)25)9-12-3-5-13(18)6-4-12/h3-6,14,22H,2,7-11,19H2,1H3,(H,24,25)/t14-,17?/m0/s1. The number of nitrogens with two attached hydrogens (primary N) is 1. The van der Waals surface area contributed by atoms with Crippen LogP contribution in [-0.4, -0.2) is 70.3 Å². The van der Waals surface area contributed by atoms with Gasteiger partial charge in [0.25, 0.3) is 0 Å². The van der Waals surface area contributed by atoms with Crippen molar-refractivity contribution in [1.82, 2.24) is 9.80 Å². The van der Waals surface area contributed by atoms with Crippen LogP contribution in [0.15, 0.2) is 24.3 Å². The van der Waals surface area contributed by atoms with Crippen LogP contribution in [0.5, 0.6) is 0 Å². The Kier molecular flexibility index (Phi) is 6.26. The smallest absolute Gasteiger partial charge is 0.407 e. The van der Waals surface area contributed by atoms with E-state index in [0.717, 1.165) is 5.56 Å². The molecule has 8 heteroatoms.